The number of benzene rings is 3. The Hall–Kier alpha value is -4.33. The van der Waals surface area contributed by atoms with Gasteiger partial charge >= 0.3 is 0 Å². The van der Waals surface area contributed by atoms with Crippen LogP contribution >= 0.6 is 0 Å². The molecule has 0 bridgehead atoms. The largest absolute Gasteiger partial charge is 0.493 e. The molecule has 1 atom stereocenters. The second-order valence-electron chi connectivity index (χ2n) is 10.0. The van der Waals surface area contributed by atoms with Crippen LogP contribution in [0.2, 0.25) is 0 Å². The van der Waals surface area contributed by atoms with E-state index in [4.69, 9.17) is 14.2 Å². The summed E-state index contributed by atoms with van der Waals surface area (Å²) < 4.78 is 30.8. The highest BCUT2D eigenvalue weighted by atomic mass is 19.1. The maximum absolute atomic E-state index is 14.5. The third-order valence-electron chi connectivity index (χ3n) is 7.71. The van der Waals surface area contributed by atoms with Crippen LogP contribution in [0.25, 0.3) is 6.08 Å². The van der Waals surface area contributed by atoms with Crippen molar-refractivity contribution in [3.8, 4) is 17.2 Å². The van der Waals surface area contributed by atoms with Gasteiger partial charge in [-0.25, -0.2) is 4.39 Å². The lowest BCUT2D eigenvalue weighted by molar-refractivity contribution is -0.134. The Bertz CT molecular complexity index is 1390. The van der Waals surface area contributed by atoms with Crippen molar-refractivity contribution in [3.63, 3.8) is 0 Å². The van der Waals surface area contributed by atoms with Crippen LogP contribution in [-0.4, -0.2) is 39.2 Å². The minimum atomic E-state index is -1.57. The number of β-lactam (4-membered cyclic amide) rings is 1. The molecule has 2 fully saturated rings. The Morgan fingerprint density at radius 2 is 1.55 bits per heavy atom. The molecule has 3 aromatic rings. The molecule has 0 radical (unpaired) electrons. The number of hydrogen-bond donors (Lipinski definition) is 1. The molecule has 0 aromatic heterocycles. The maximum Gasteiger partial charge on any atom is 0.259 e. The SMILES string of the molecule is COc1cc(N2C(=O)/C(=C\c3ccccc3)C2(C(=O)NC2CCCCC2)c2ccc(F)cc2)cc(OC)c1OC. The summed E-state index contributed by atoms with van der Waals surface area (Å²) in [6, 6.07) is 18.4. The number of halogens is 1. The molecule has 5 rings (SSSR count). The number of nitrogens with zero attached hydrogens (tertiary/aromatic N) is 1. The van der Waals surface area contributed by atoms with E-state index in [-0.39, 0.29) is 23.4 Å². The zero-order chi connectivity index (χ0) is 28.3. The number of ether oxygens (including phenoxy) is 3. The minimum Gasteiger partial charge on any atom is -0.493 e. The zero-order valence-corrected chi connectivity index (χ0v) is 22.9. The normalized spacial score (nSPS) is 20.1. The highest BCUT2D eigenvalue weighted by Gasteiger charge is 2.63. The van der Waals surface area contributed by atoms with Gasteiger partial charge in [0.25, 0.3) is 11.8 Å². The Morgan fingerprint density at radius 1 is 0.925 bits per heavy atom. The number of carbonyl (C=O) groups is 2. The Morgan fingerprint density at radius 3 is 2.12 bits per heavy atom. The molecule has 3 aromatic carbocycles. The monoisotopic (exact) mass is 544 g/mol. The van der Waals surface area contributed by atoms with Gasteiger partial charge in [0.2, 0.25) is 5.75 Å². The lowest BCUT2D eigenvalue weighted by Crippen LogP contribution is -2.71. The number of anilines is 1. The summed E-state index contributed by atoms with van der Waals surface area (Å²) in [5.41, 5.74) is 0.341. The fourth-order valence-corrected chi connectivity index (χ4v) is 5.75. The molecular formula is C32H33FN2O5. The first-order valence-electron chi connectivity index (χ1n) is 13.4. The van der Waals surface area contributed by atoms with Gasteiger partial charge in [-0.3, -0.25) is 14.5 Å². The van der Waals surface area contributed by atoms with E-state index in [2.05, 4.69) is 5.32 Å². The third kappa shape index (κ3) is 4.68. The Labute approximate surface area is 233 Å². The van der Waals surface area contributed by atoms with E-state index in [1.807, 2.05) is 30.3 Å². The first-order valence-corrected chi connectivity index (χ1v) is 13.4. The smallest absolute Gasteiger partial charge is 0.259 e. The van der Waals surface area contributed by atoms with Crippen molar-refractivity contribution in [2.45, 2.75) is 43.7 Å². The van der Waals surface area contributed by atoms with Gasteiger partial charge in [-0.2, -0.15) is 0 Å². The van der Waals surface area contributed by atoms with Crippen molar-refractivity contribution in [1.82, 2.24) is 5.32 Å². The van der Waals surface area contributed by atoms with E-state index in [9.17, 15) is 14.0 Å². The molecule has 1 saturated heterocycles. The standard InChI is InChI=1S/C32H33FN2O5/c1-38-27-19-25(20-28(39-2)29(27)40-3)35-30(36)26(18-21-10-6-4-7-11-21)32(35,22-14-16-23(33)17-15-22)31(37)34-24-12-8-5-9-13-24/h4,6-7,10-11,14-20,24H,5,8-9,12-13H2,1-3H3,(H,34,37)/b26-18+. The summed E-state index contributed by atoms with van der Waals surface area (Å²) in [6.45, 7) is 0. The third-order valence-corrected chi connectivity index (χ3v) is 7.71. The van der Waals surface area contributed by atoms with Gasteiger partial charge in [0.1, 0.15) is 5.82 Å². The molecule has 208 valence electrons. The van der Waals surface area contributed by atoms with Gasteiger partial charge < -0.3 is 19.5 Å². The second-order valence-corrected chi connectivity index (χ2v) is 10.0. The Balaban J connectivity index is 1.74. The highest BCUT2D eigenvalue weighted by Crippen LogP contribution is 2.53. The predicted octanol–water partition coefficient (Wildman–Crippen LogP) is 5.63. The first-order chi connectivity index (χ1) is 19.4. The number of nitrogens with one attached hydrogen (secondary N) is 1. The average molecular weight is 545 g/mol. The molecule has 8 heteroatoms. The number of methoxy groups -OCH3 is 3. The molecule has 2 amide bonds. The van der Waals surface area contributed by atoms with Crippen LogP contribution in [0.3, 0.4) is 0 Å². The molecule has 2 aliphatic rings. The van der Waals surface area contributed by atoms with E-state index < -0.39 is 11.4 Å². The van der Waals surface area contributed by atoms with Crippen molar-refractivity contribution in [2.24, 2.45) is 0 Å². The molecular weight excluding hydrogens is 511 g/mol. The summed E-state index contributed by atoms with van der Waals surface area (Å²) in [7, 11) is 4.47. The summed E-state index contributed by atoms with van der Waals surface area (Å²) in [6.07, 6.45) is 6.64. The predicted molar refractivity (Wildman–Crippen MR) is 151 cm³/mol. The van der Waals surface area contributed by atoms with Crippen LogP contribution in [0, 0.1) is 5.82 Å². The lowest BCUT2D eigenvalue weighted by atomic mass is 9.70. The molecule has 40 heavy (non-hydrogen) atoms. The van der Waals surface area contributed by atoms with Gasteiger partial charge in [0, 0.05) is 18.2 Å². The number of carbonyl (C=O) groups excluding carboxylic acids is 2. The molecule has 1 heterocycles. The van der Waals surface area contributed by atoms with E-state index in [1.54, 1.807) is 30.3 Å². The number of amides is 2. The number of rotatable bonds is 8. The first kappa shape index (κ1) is 27.2. The van der Waals surface area contributed by atoms with Crippen LogP contribution in [0.4, 0.5) is 10.1 Å². The molecule has 1 N–H and O–H groups in total. The van der Waals surface area contributed by atoms with Crippen LogP contribution in [0.1, 0.15) is 43.2 Å². The van der Waals surface area contributed by atoms with E-state index >= 15 is 0 Å². The average Bonchev–Trinajstić information content (AvgIpc) is 2.99. The molecule has 1 aliphatic heterocycles. The summed E-state index contributed by atoms with van der Waals surface area (Å²) >= 11 is 0. The highest BCUT2D eigenvalue weighted by molar-refractivity contribution is 6.28. The maximum atomic E-state index is 14.5. The van der Waals surface area contributed by atoms with Gasteiger partial charge in [0.05, 0.1) is 32.6 Å². The van der Waals surface area contributed by atoms with Crippen LogP contribution in [-0.2, 0) is 15.1 Å². The second kappa shape index (κ2) is 11.4. The van der Waals surface area contributed by atoms with E-state index in [0.29, 0.717) is 28.5 Å². The minimum absolute atomic E-state index is 0.0194. The summed E-state index contributed by atoms with van der Waals surface area (Å²) in [5, 5.41) is 3.24. The van der Waals surface area contributed by atoms with Crippen LogP contribution in [0.5, 0.6) is 17.2 Å². The topological polar surface area (TPSA) is 77.1 Å². The van der Waals surface area contributed by atoms with Crippen molar-refractivity contribution in [1.29, 1.82) is 0 Å². The van der Waals surface area contributed by atoms with Gasteiger partial charge in [-0.05, 0) is 42.2 Å². The van der Waals surface area contributed by atoms with E-state index in [1.165, 1.54) is 38.4 Å². The molecule has 1 aliphatic carbocycles. The molecule has 1 saturated carbocycles. The van der Waals surface area contributed by atoms with Crippen molar-refractivity contribution in [3.05, 3.63) is 89.2 Å². The quantitative estimate of drug-likeness (QED) is 0.294. The Kier molecular flexibility index (Phi) is 7.78. The van der Waals surface area contributed by atoms with Crippen molar-refractivity contribution < 1.29 is 28.2 Å². The van der Waals surface area contributed by atoms with Gasteiger partial charge in [0.15, 0.2) is 17.0 Å². The van der Waals surface area contributed by atoms with Crippen molar-refractivity contribution in [2.75, 3.05) is 26.2 Å². The fourth-order valence-electron chi connectivity index (χ4n) is 5.75. The van der Waals surface area contributed by atoms with E-state index in [0.717, 1.165) is 37.7 Å². The molecule has 7 nitrogen and oxygen atoms in total. The van der Waals surface area contributed by atoms with Crippen LogP contribution in [0.15, 0.2) is 72.3 Å². The summed E-state index contributed by atoms with van der Waals surface area (Å²) in [4.78, 5) is 30.0. The van der Waals surface area contributed by atoms with Gasteiger partial charge in [-0.15, -0.1) is 0 Å². The molecule has 1 unspecified atom stereocenters. The van der Waals surface area contributed by atoms with Gasteiger partial charge in [-0.1, -0.05) is 61.7 Å². The lowest BCUT2D eigenvalue weighted by Gasteiger charge is -2.53. The van der Waals surface area contributed by atoms with Crippen LogP contribution < -0.4 is 24.4 Å². The summed E-state index contributed by atoms with van der Waals surface area (Å²) in [5.74, 6) is -0.106. The fraction of sp³-hybridized carbons (Fsp3) is 0.312. The molecule has 0 spiro atoms. The zero-order valence-electron chi connectivity index (χ0n) is 22.9. The number of hydrogen-bond acceptors (Lipinski definition) is 5. The van der Waals surface area contributed by atoms with Crippen molar-refractivity contribution >= 4 is 23.6 Å².